The lowest BCUT2D eigenvalue weighted by Crippen LogP contribution is -2.25. The fourth-order valence-corrected chi connectivity index (χ4v) is 3.99. The molecule has 0 aliphatic heterocycles. The van der Waals surface area contributed by atoms with Crippen molar-refractivity contribution in [2.45, 2.75) is 44.6 Å². The van der Waals surface area contributed by atoms with Gasteiger partial charge < -0.3 is 5.32 Å². The molecule has 0 bridgehead atoms. The summed E-state index contributed by atoms with van der Waals surface area (Å²) >= 11 is 7.87. The minimum absolute atomic E-state index is 0.575. The van der Waals surface area contributed by atoms with E-state index in [0.717, 1.165) is 10.3 Å². The van der Waals surface area contributed by atoms with Crippen LogP contribution in [0.3, 0.4) is 0 Å². The quantitative estimate of drug-likeness (QED) is 0.852. The topological polar surface area (TPSA) is 12.0 Å². The highest BCUT2D eigenvalue weighted by Gasteiger charge is 2.24. The predicted molar refractivity (Wildman–Crippen MR) is 70.4 cm³/mol. The lowest BCUT2D eigenvalue weighted by atomic mass is 9.94. The molecule has 0 amide bonds. The number of nitrogens with one attached hydrogen (secondary N) is 1. The summed E-state index contributed by atoms with van der Waals surface area (Å²) in [5.74, 6) is 1.03. The van der Waals surface area contributed by atoms with Crippen molar-refractivity contribution >= 4 is 22.9 Å². The van der Waals surface area contributed by atoms with Crippen LogP contribution in [0.15, 0.2) is 6.07 Å². The molecule has 1 aromatic rings. The van der Waals surface area contributed by atoms with E-state index in [0.29, 0.717) is 6.04 Å². The van der Waals surface area contributed by atoms with Crippen LogP contribution in [0, 0.1) is 5.92 Å². The van der Waals surface area contributed by atoms with Crippen LogP contribution in [-0.2, 0) is 6.42 Å². The third-order valence-corrected chi connectivity index (χ3v) is 5.06. The molecule has 16 heavy (non-hydrogen) atoms. The molecule has 1 N–H and O–H groups in total. The zero-order valence-electron chi connectivity index (χ0n) is 9.47. The van der Waals surface area contributed by atoms with Crippen LogP contribution < -0.4 is 5.32 Å². The first-order chi connectivity index (χ1) is 7.83. The van der Waals surface area contributed by atoms with Crippen molar-refractivity contribution in [1.82, 2.24) is 5.32 Å². The van der Waals surface area contributed by atoms with E-state index >= 15 is 0 Å². The van der Waals surface area contributed by atoms with Crippen molar-refractivity contribution in [2.75, 3.05) is 6.54 Å². The first kappa shape index (κ1) is 11.1. The zero-order chi connectivity index (χ0) is 11.0. The van der Waals surface area contributed by atoms with Gasteiger partial charge in [0, 0.05) is 10.9 Å². The molecule has 3 heteroatoms. The standard InChI is InChI=1S/C13H18ClNS/c14-13-8-10-11(2-1-3-12(10)16-13)15-7-6-9-4-5-9/h8-9,11,15H,1-7H2. The first-order valence-corrected chi connectivity index (χ1v) is 7.54. The van der Waals surface area contributed by atoms with Crippen molar-refractivity contribution in [1.29, 1.82) is 0 Å². The van der Waals surface area contributed by atoms with E-state index in [-0.39, 0.29) is 0 Å². The summed E-state index contributed by atoms with van der Waals surface area (Å²) in [6, 6.07) is 2.75. The molecule has 0 aromatic carbocycles. The summed E-state index contributed by atoms with van der Waals surface area (Å²) in [5.41, 5.74) is 1.48. The lowest BCUT2D eigenvalue weighted by molar-refractivity contribution is 0.452. The third kappa shape index (κ3) is 2.44. The van der Waals surface area contributed by atoms with E-state index in [1.165, 1.54) is 55.5 Å². The molecule has 0 spiro atoms. The monoisotopic (exact) mass is 255 g/mol. The Morgan fingerprint density at radius 1 is 1.38 bits per heavy atom. The molecule has 88 valence electrons. The normalized spacial score (nSPS) is 24.4. The summed E-state index contributed by atoms with van der Waals surface area (Å²) < 4.78 is 0.959. The molecular formula is C13H18ClNS. The van der Waals surface area contributed by atoms with Gasteiger partial charge in [-0.05, 0) is 49.8 Å². The Labute approximate surface area is 106 Å². The van der Waals surface area contributed by atoms with Gasteiger partial charge in [-0.1, -0.05) is 24.4 Å². The third-order valence-electron chi connectivity index (χ3n) is 3.72. The Morgan fingerprint density at radius 3 is 3.06 bits per heavy atom. The lowest BCUT2D eigenvalue weighted by Gasteiger charge is -2.23. The van der Waals surface area contributed by atoms with Gasteiger partial charge in [-0.3, -0.25) is 0 Å². The Kier molecular flexibility index (Phi) is 3.23. The van der Waals surface area contributed by atoms with Gasteiger partial charge >= 0.3 is 0 Å². The van der Waals surface area contributed by atoms with Gasteiger partial charge in [-0.15, -0.1) is 11.3 Å². The molecule has 2 aliphatic rings. The average Bonchev–Trinajstić information content (AvgIpc) is 2.99. The smallest absolute Gasteiger partial charge is 0.0934 e. The summed E-state index contributed by atoms with van der Waals surface area (Å²) in [6.45, 7) is 1.18. The number of thiophene rings is 1. The highest BCUT2D eigenvalue weighted by Crippen LogP contribution is 2.38. The van der Waals surface area contributed by atoms with Gasteiger partial charge in [0.25, 0.3) is 0 Å². The second-order valence-electron chi connectivity index (χ2n) is 5.06. The van der Waals surface area contributed by atoms with E-state index in [9.17, 15) is 0 Å². The Bertz CT molecular complexity index is 370. The Hall–Kier alpha value is -0.0500. The maximum Gasteiger partial charge on any atom is 0.0934 e. The summed E-state index contributed by atoms with van der Waals surface area (Å²) in [7, 11) is 0. The number of fused-ring (bicyclic) bond motifs is 1. The van der Waals surface area contributed by atoms with Crippen LogP contribution >= 0.6 is 22.9 Å². The SMILES string of the molecule is Clc1cc2c(s1)CCCC2NCCC1CC1. The number of aryl methyl sites for hydroxylation is 1. The van der Waals surface area contributed by atoms with E-state index in [4.69, 9.17) is 11.6 Å². The molecule has 1 heterocycles. The number of hydrogen-bond acceptors (Lipinski definition) is 2. The first-order valence-electron chi connectivity index (χ1n) is 6.34. The molecule has 0 saturated heterocycles. The molecule has 1 atom stereocenters. The predicted octanol–water partition coefficient (Wildman–Crippen LogP) is 4.17. The van der Waals surface area contributed by atoms with Gasteiger partial charge in [-0.2, -0.15) is 0 Å². The second-order valence-corrected chi connectivity index (χ2v) is 6.83. The van der Waals surface area contributed by atoms with E-state index < -0.39 is 0 Å². The number of rotatable bonds is 4. The maximum atomic E-state index is 6.10. The minimum atomic E-state index is 0.575. The van der Waals surface area contributed by atoms with E-state index in [1.54, 1.807) is 11.3 Å². The van der Waals surface area contributed by atoms with Crippen molar-refractivity contribution in [3.8, 4) is 0 Å². The Balaban J connectivity index is 1.61. The van der Waals surface area contributed by atoms with Crippen LogP contribution in [0.1, 0.15) is 48.6 Å². The van der Waals surface area contributed by atoms with E-state index in [2.05, 4.69) is 11.4 Å². The molecule has 1 saturated carbocycles. The molecule has 1 unspecified atom stereocenters. The van der Waals surface area contributed by atoms with Crippen molar-refractivity contribution in [3.05, 3.63) is 20.8 Å². The largest absolute Gasteiger partial charge is 0.310 e. The van der Waals surface area contributed by atoms with Crippen LogP contribution in [-0.4, -0.2) is 6.54 Å². The van der Waals surface area contributed by atoms with E-state index in [1.807, 2.05) is 0 Å². The summed E-state index contributed by atoms with van der Waals surface area (Å²) in [6.07, 6.45) is 8.11. The molecule has 3 rings (SSSR count). The van der Waals surface area contributed by atoms with Gasteiger partial charge in [0.15, 0.2) is 0 Å². The van der Waals surface area contributed by atoms with Crippen LogP contribution in [0.4, 0.5) is 0 Å². The van der Waals surface area contributed by atoms with Gasteiger partial charge in [-0.25, -0.2) is 0 Å². The maximum absolute atomic E-state index is 6.10. The van der Waals surface area contributed by atoms with Gasteiger partial charge in [0.2, 0.25) is 0 Å². The average molecular weight is 256 g/mol. The summed E-state index contributed by atoms with van der Waals surface area (Å²) in [4.78, 5) is 1.51. The highest BCUT2D eigenvalue weighted by atomic mass is 35.5. The second kappa shape index (κ2) is 4.67. The fourth-order valence-electron chi connectivity index (χ4n) is 2.60. The van der Waals surface area contributed by atoms with Crippen LogP contribution in [0.25, 0.3) is 0 Å². The number of halogens is 1. The van der Waals surface area contributed by atoms with Gasteiger partial charge in [0.1, 0.15) is 0 Å². The van der Waals surface area contributed by atoms with Crippen molar-refractivity contribution in [3.63, 3.8) is 0 Å². The molecular weight excluding hydrogens is 238 g/mol. The van der Waals surface area contributed by atoms with Crippen molar-refractivity contribution < 1.29 is 0 Å². The zero-order valence-corrected chi connectivity index (χ0v) is 11.0. The molecule has 2 aliphatic carbocycles. The fraction of sp³-hybridized carbons (Fsp3) is 0.692. The number of hydrogen-bond donors (Lipinski definition) is 1. The minimum Gasteiger partial charge on any atom is -0.310 e. The van der Waals surface area contributed by atoms with Crippen LogP contribution in [0.5, 0.6) is 0 Å². The molecule has 1 aromatic heterocycles. The van der Waals surface area contributed by atoms with Crippen LogP contribution in [0.2, 0.25) is 4.34 Å². The van der Waals surface area contributed by atoms with Gasteiger partial charge in [0.05, 0.1) is 4.34 Å². The Morgan fingerprint density at radius 2 is 2.25 bits per heavy atom. The molecule has 1 fully saturated rings. The molecule has 1 nitrogen and oxygen atoms in total. The van der Waals surface area contributed by atoms with Crippen molar-refractivity contribution in [2.24, 2.45) is 5.92 Å². The highest BCUT2D eigenvalue weighted by molar-refractivity contribution is 7.16. The summed E-state index contributed by atoms with van der Waals surface area (Å²) in [5, 5.41) is 3.71. The molecule has 0 radical (unpaired) electrons.